The molecule has 0 saturated carbocycles. The van der Waals surface area contributed by atoms with Crippen molar-refractivity contribution in [3.63, 3.8) is 0 Å². The molecule has 3 rings (SSSR count). The van der Waals surface area contributed by atoms with Crippen LogP contribution in [0.15, 0.2) is 30.6 Å². The number of benzene rings is 1. The molecule has 0 spiro atoms. The number of carbonyl (C=O) groups excluding carboxylic acids is 1. The molecule has 1 saturated heterocycles. The zero-order valence-electron chi connectivity index (χ0n) is 15.3. The molecule has 2 N–H and O–H groups in total. The van der Waals surface area contributed by atoms with Gasteiger partial charge >= 0.3 is 6.18 Å². The number of halogens is 4. The first kappa shape index (κ1) is 20.7. The van der Waals surface area contributed by atoms with Crippen LogP contribution in [-0.2, 0) is 17.5 Å². The van der Waals surface area contributed by atoms with E-state index in [0.717, 1.165) is 12.4 Å². The van der Waals surface area contributed by atoms with E-state index in [4.69, 9.17) is 0 Å². The van der Waals surface area contributed by atoms with Crippen molar-refractivity contribution in [1.82, 2.24) is 20.6 Å². The lowest BCUT2D eigenvalue weighted by atomic mass is 10.0. The molecule has 1 aromatic carbocycles. The van der Waals surface area contributed by atoms with E-state index in [0.29, 0.717) is 22.3 Å². The zero-order valence-corrected chi connectivity index (χ0v) is 15.3. The Morgan fingerprint density at radius 3 is 2.55 bits per heavy atom. The topological polar surface area (TPSA) is 90.7 Å². The monoisotopic (exact) mass is 407 g/mol. The van der Waals surface area contributed by atoms with Crippen molar-refractivity contribution in [3.8, 4) is 17.2 Å². The molecule has 1 aliphatic rings. The largest absolute Gasteiger partial charge is 0.451 e. The molecule has 3 unspecified atom stereocenters. The number of hydrogen-bond acceptors (Lipinski definition) is 5. The van der Waals surface area contributed by atoms with E-state index in [1.807, 2.05) is 6.07 Å². The maximum atomic E-state index is 13.6. The number of hydrogen-bond donors (Lipinski definition) is 2. The third-order valence-electron chi connectivity index (χ3n) is 4.70. The first-order valence-electron chi connectivity index (χ1n) is 8.79. The highest BCUT2D eigenvalue weighted by atomic mass is 19.4. The number of alkyl halides is 4. The minimum atomic E-state index is -4.64. The molecule has 0 aliphatic carbocycles. The molecule has 0 radical (unpaired) electrons. The average molecular weight is 407 g/mol. The number of amides is 1. The van der Waals surface area contributed by atoms with Gasteiger partial charge in [0.15, 0.2) is 0 Å². The second-order valence-electron chi connectivity index (χ2n) is 6.75. The standard InChI is InChI=1S/C19H17F4N5O/c1-10-15(20)5-16(28-10)17(29)25-7-13-4-11(2-3-12(13)6-24)14-8-26-18(27-9-14)19(21,22)23/h2-4,8-10,15-16,28H,5,7H2,1H3,(H,25,29). The van der Waals surface area contributed by atoms with Gasteiger partial charge in [0.2, 0.25) is 11.7 Å². The van der Waals surface area contributed by atoms with Crippen molar-refractivity contribution < 1.29 is 22.4 Å². The van der Waals surface area contributed by atoms with Gasteiger partial charge in [-0.05, 0) is 30.2 Å². The van der Waals surface area contributed by atoms with Gasteiger partial charge < -0.3 is 10.6 Å². The lowest BCUT2D eigenvalue weighted by molar-refractivity contribution is -0.145. The second-order valence-corrected chi connectivity index (χ2v) is 6.75. The lowest BCUT2D eigenvalue weighted by Gasteiger charge is -2.13. The molecule has 1 amide bonds. The van der Waals surface area contributed by atoms with Crippen LogP contribution in [0.5, 0.6) is 0 Å². The number of nitriles is 1. The van der Waals surface area contributed by atoms with Gasteiger partial charge in [-0.2, -0.15) is 18.4 Å². The Kier molecular flexibility index (Phi) is 5.79. The summed E-state index contributed by atoms with van der Waals surface area (Å²) in [6.07, 6.45) is -3.58. The minimum absolute atomic E-state index is 0.0145. The third kappa shape index (κ3) is 4.68. The molecule has 6 nitrogen and oxygen atoms in total. The molecule has 2 aromatic rings. The van der Waals surface area contributed by atoms with Gasteiger partial charge in [-0.1, -0.05) is 6.07 Å². The van der Waals surface area contributed by atoms with Crippen molar-refractivity contribution in [2.24, 2.45) is 0 Å². The van der Waals surface area contributed by atoms with Gasteiger partial charge in [-0.15, -0.1) is 0 Å². The van der Waals surface area contributed by atoms with E-state index in [2.05, 4.69) is 20.6 Å². The van der Waals surface area contributed by atoms with Crippen LogP contribution in [0.4, 0.5) is 17.6 Å². The number of aromatic nitrogens is 2. The summed E-state index contributed by atoms with van der Waals surface area (Å²) in [7, 11) is 0. The molecular weight excluding hydrogens is 390 g/mol. The molecule has 29 heavy (non-hydrogen) atoms. The fourth-order valence-corrected chi connectivity index (χ4v) is 3.06. The van der Waals surface area contributed by atoms with Gasteiger partial charge in [0, 0.05) is 37.0 Å². The Balaban J connectivity index is 1.76. The van der Waals surface area contributed by atoms with Gasteiger partial charge in [0.1, 0.15) is 6.17 Å². The fourth-order valence-electron chi connectivity index (χ4n) is 3.06. The highest BCUT2D eigenvalue weighted by molar-refractivity contribution is 5.82. The van der Waals surface area contributed by atoms with Crippen LogP contribution in [-0.4, -0.2) is 34.1 Å². The van der Waals surface area contributed by atoms with Gasteiger partial charge in [0.05, 0.1) is 17.7 Å². The van der Waals surface area contributed by atoms with E-state index in [1.165, 1.54) is 6.07 Å². The van der Waals surface area contributed by atoms with E-state index in [9.17, 15) is 27.6 Å². The van der Waals surface area contributed by atoms with Crippen LogP contribution in [0.2, 0.25) is 0 Å². The Hall–Kier alpha value is -3.06. The first-order valence-corrected chi connectivity index (χ1v) is 8.79. The summed E-state index contributed by atoms with van der Waals surface area (Å²) in [4.78, 5) is 18.9. The summed E-state index contributed by atoms with van der Waals surface area (Å²) in [6.45, 7) is 1.67. The maximum Gasteiger partial charge on any atom is 0.451 e. The van der Waals surface area contributed by atoms with Crippen molar-refractivity contribution in [2.45, 2.75) is 44.3 Å². The highest BCUT2D eigenvalue weighted by Gasteiger charge is 2.35. The van der Waals surface area contributed by atoms with Crippen LogP contribution in [0.25, 0.3) is 11.1 Å². The highest BCUT2D eigenvalue weighted by Crippen LogP contribution is 2.27. The van der Waals surface area contributed by atoms with E-state index >= 15 is 0 Å². The molecule has 1 aromatic heterocycles. The van der Waals surface area contributed by atoms with Gasteiger partial charge in [-0.25, -0.2) is 14.4 Å². The third-order valence-corrected chi connectivity index (χ3v) is 4.70. The normalized spacial score (nSPS) is 21.6. The summed E-state index contributed by atoms with van der Waals surface area (Å²) in [6, 6.07) is 5.57. The summed E-state index contributed by atoms with van der Waals surface area (Å²) < 4.78 is 51.4. The summed E-state index contributed by atoms with van der Waals surface area (Å²) >= 11 is 0. The van der Waals surface area contributed by atoms with Crippen LogP contribution in [0, 0.1) is 11.3 Å². The summed E-state index contributed by atoms with van der Waals surface area (Å²) in [5.41, 5.74) is 1.61. The predicted octanol–water partition coefficient (Wildman–Crippen LogP) is 2.74. The average Bonchev–Trinajstić information content (AvgIpc) is 3.04. The van der Waals surface area contributed by atoms with E-state index in [1.54, 1.807) is 19.1 Å². The number of nitrogens with one attached hydrogen (secondary N) is 2. The van der Waals surface area contributed by atoms with Crippen molar-refractivity contribution in [1.29, 1.82) is 5.26 Å². The van der Waals surface area contributed by atoms with Crippen LogP contribution < -0.4 is 10.6 Å². The van der Waals surface area contributed by atoms with Gasteiger partial charge in [-0.3, -0.25) is 4.79 Å². The van der Waals surface area contributed by atoms with Gasteiger partial charge in [0.25, 0.3) is 0 Å². The molecule has 10 heteroatoms. The zero-order chi connectivity index (χ0) is 21.2. The Labute approximate surface area is 164 Å². The van der Waals surface area contributed by atoms with Crippen LogP contribution >= 0.6 is 0 Å². The van der Waals surface area contributed by atoms with Crippen LogP contribution in [0.1, 0.15) is 30.3 Å². The molecule has 3 atom stereocenters. The Bertz CT molecular complexity index is 929. The minimum Gasteiger partial charge on any atom is -0.351 e. The Morgan fingerprint density at radius 1 is 1.31 bits per heavy atom. The van der Waals surface area contributed by atoms with E-state index in [-0.39, 0.29) is 18.9 Å². The molecule has 0 bridgehead atoms. The lowest BCUT2D eigenvalue weighted by Crippen LogP contribution is -2.42. The SMILES string of the molecule is CC1NC(C(=O)NCc2cc(-c3cnc(C(F)(F)F)nc3)ccc2C#N)CC1F. The van der Waals surface area contributed by atoms with Crippen molar-refractivity contribution >= 4 is 5.91 Å². The first-order chi connectivity index (χ1) is 13.7. The number of nitrogens with zero attached hydrogens (tertiary/aromatic N) is 3. The molecule has 152 valence electrons. The van der Waals surface area contributed by atoms with Crippen LogP contribution in [0.3, 0.4) is 0 Å². The predicted molar refractivity (Wildman–Crippen MR) is 94.9 cm³/mol. The summed E-state index contributed by atoms with van der Waals surface area (Å²) in [5.74, 6) is -1.63. The second kappa shape index (κ2) is 8.13. The summed E-state index contributed by atoms with van der Waals surface area (Å²) in [5, 5.41) is 14.8. The number of rotatable bonds is 4. The molecule has 1 fully saturated rings. The Morgan fingerprint density at radius 2 is 2.00 bits per heavy atom. The number of carbonyl (C=O) groups is 1. The van der Waals surface area contributed by atoms with Crippen molar-refractivity contribution in [3.05, 3.63) is 47.5 Å². The fraction of sp³-hybridized carbons (Fsp3) is 0.368. The quantitative estimate of drug-likeness (QED) is 0.761. The molecular formula is C19H17F4N5O. The molecule has 1 aliphatic heterocycles. The molecule has 2 heterocycles. The van der Waals surface area contributed by atoms with E-state index < -0.39 is 30.3 Å². The maximum absolute atomic E-state index is 13.6. The smallest absolute Gasteiger partial charge is 0.351 e. The van der Waals surface area contributed by atoms with Crippen molar-refractivity contribution in [2.75, 3.05) is 0 Å².